The summed E-state index contributed by atoms with van der Waals surface area (Å²) in [7, 11) is 1.51. The summed E-state index contributed by atoms with van der Waals surface area (Å²) in [6.45, 7) is 2.61. The molecule has 40 heavy (non-hydrogen) atoms. The van der Waals surface area contributed by atoms with E-state index in [0.29, 0.717) is 38.2 Å². The van der Waals surface area contributed by atoms with E-state index >= 15 is 0 Å². The molecule has 5 rings (SSSR count). The van der Waals surface area contributed by atoms with Crippen LogP contribution in [-0.4, -0.2) is 73.1 Å². The molecular weight excluding hydrogens is 585 g/mol. The molecule has 2 atom stereocenters. The molecule has 1 aliphatic heterocycles. The molecule has 1 aliphatic rings. The summed E-state index contributed by atoms with van der Waals surface area (Å²) in [5.41, 5.74) is 1.98. The van der Waals surface area contributed by atoms with Gasteiger partial charge in [0.05, 0.1) is 19.2 Å². The average Bonchev–Trinajstić information content (AvgIpc) is 3.49. The van der Waals surface area contributed by atoms with Crippen molar-refractivity contribution in [3.05, 3.63) is 58.8 Å². The molecule has 11 nitrogen and oxygen atoms in total. The van der Waals surface area contributed by atoms with Crippen LogP contribution in [0.25, 0.3) is 22.0 Å². The second-order valence-corrected chi connectivity index (χ2v) is 10.2. The number of rotatable bonds is 7. The number of nitrogens with one attached hydrogen (secondary N) is 1. The van der Waals surface area contributed by atoms with Crippen molar-refractivity contribution in [2.24, 2.45) is 0 Å². The van der Waals surface area contributed by atoms with Gasteiger partial charge >= 0.3 is 0 Å². The first kappa shape index (κ1) is 27.3. The van der Waals surface area contributed by atoms with Gasteiger partial charge in [0.2, 0.25) is 11.8 Å². The van der Waals surface area contributed by atoms with Crippen LogP contribution in [0.3, 0.4) is 0 Å². The standard InChI is InChI=1S/C27H25BrFN7O4/c1-14(37)26-19-8-18(16-10-30-15(2)31-11-16)22(40-3)9-20(19)36(34-26)13-25(38)35-12-17(29)7-21(35)27(39)33-24-6-4-5-23(28)32-24/h4-6,8-11,17,21H,7,12-13H2,1-3H3,(H,32,33,39)/t17-,21+/m1/s1. The third-order valence-electron chi connectivity index (χ3n) is 6.62. The van der Waals surface area contributed by atoms with Crippen LogP contribution in [-0.2, 0) is 16.1 Å². The van der Waals surface area contributed by atoms with Crippen molar-refractivity contribution in [2.45, 2.75) is 39.0 Å². The molecule has 4 aromatic rings. The number of nitrogens with zero attached hydrogens (tertiary/aromatic N) is 6. The minimum Gasteiger partial charge on any atom is -0.496 e. The molecule has 0 bridgehead atoms. The molecule has 2 amide bonds. The molecule has 1 saturated heterocycles. The van der Waals surface area contributed by atoms with Crippen LogP contribution < -0.4 is 10.1 Å². The topological polar surface area (TPSA) is 132 Å². The van der Waals surface area contributed by atoms with E-state index in [4.69, 9.17) is 4.74 Å². The van der Waals surface area contributed by atoms with Gasteiger partial charge in [-0.2, -0.15) is 5.10 Å². The van der Waals surface area contributed by atoms with Gasteiger partial charge in [0.1, 0.15) is 46.4 Å². The molecule has 0 saturated carbocycles. The fourth-order valence-electron chi connectivity index (χ4n) is 4.72. The van der Waals surface area contributed by atoms with Crippen molar-refractivity contribution in [1.82, 2.24) is 29.6 Å². The van der Waals surface area contributed by atoms with Crippen LogP contribution in [0.15, 0.2) is 47.3 Å². The zero-order chi connectivity index (χ0) is 28.6. The van der Waals surface area contributed by atoms with Crippen molar-refractivity contribution < 1.29 is 23.5 Å². The Hall–Kier alpha value is -4.26. The lowest BCUT2D eigenvalue weighted by atomic mass is 10.0. The molecule has 1 fully saturated rings. The molecule has 206 valence electrons. The Balaban J connectivity index is 1.46. The lowest BCUT2D eigenvalue weighted by Crippen LogP contribution is -2.44. The molecule has 4 heterocycles. The highest BCUT2D eigenvalue weighted by Crippen LogP contribution is 2.35. The third kappa shape index (κ3) is 5.41. The molecule has 13 heteroatoms. The third-order valence-corrected chi connectivity index (χ3v) is 7.06. The highest BCUT2D eigenvalue weighted by atomic mass is 79.9. The Bertz CT molecular complexity index is 1630. The number of carbonyl (C=O) groups excluding carboxylic acids is 3. The number of carbonyl (C=O) groups is 3. The number of fused-ring (bicyclic) bond motifs is 1. The van der Waals surface area contributed by atoms with E-state index in [-0.39, 0.29) is 36.8 Å². The quantitative estimate of drug-likeness (QED) is 0.247. The van der Waals surface area contributed by atoms with Crippen LogP contribution in [0, 0.1) is 6.92 Å². The lowest BCUT2D eigenvalue weighted by molar-refractivity contribution is -0.137. The van der Waals surface area contributed by atoms with Gasteiger partial charge in [0, 0.05) is 48.3 Å². The number of aromatic nitrogens is 5. The molecular formula is C27H25BrFN7O4. The Morgan fingerprint density at radius 2 is 1.95 bits per heavy atom. The Kier molecular flexibility index (Phi) is 7.57. The highest BCUT2D eigenvalue weighted by molar-refractivity contribution is 9.10. The summed E-state index contributed by atoms with van der Waals surface area (Å²) in [5, 5.41) is 7.57. The predicted octanol–water partition coefficient (Wildman–Crippen LogP) is 3.75. The van der Waals surface area contributed by atoms with Crippen LogP contribution in [0.5, 0.6) is 5.75 Å². The van der Waals surface area contributed by atoms with Gasteiger partial charge in [-0.1, -0.05) is 6.07 Å². The van der Waals surface area contributed by atoms with Gasteiger partial charge < -0.3 is 15.0 Å². The smallest absolute Gasteiger partial charge is 0.248 e. The van der Waals surface area contributed by atoms with Gasteiger partial charge in [0.25, 0.3) is 0 Å². The summed E-state index contributed by atoms with van der Waals surface area (Å²) in [6.07, 6.45) is 1.81. The number of hydrogen-bond donors (Lipinski definition) is 1. The normalized spacial score (nSPS) is 16.8. The first-order valence-electron chi connectivity index (χ1n) is 12.4. The minimum absolute atomic E-state index is 0.139. The summed E-state index contributed by atoms with van der Waals surface area (Å²) >= 11 is 3.24. The van der Waals surface area contributed by atoms with E-state index in [2.05, 4.69) is 41.3 Å². The maximum atomic E-state index is 14.5. The molecule has 0 spiro atoms. The van der Waals surface area contributed by atoms with Gasteiger partial charge in [-0.15, -0.1) is 0 Å². The van der Waals surface area contributed by atoms with E-state index in [1.54, 1.807) is 49.6 Å². The summed E-state index contributed by atoms with van der Waals surface area (Å²) in [4.78, 5) is 52.8. The Morgan fingerprint density at radius 3 is 2.62 bits per heavy atom. The molecule has 0 aliphatic carbocycles. The predicted molar refractivity (Wildman–Crippen MR) is 148 cm³/mol. The van der Waals surface area contributed by atoms with Crippen molar-refractivity contribution in [2.75, 3.05) is 19.0 Å². The summed E-state index contributed by atoms with van der Waals surface area (Å²) < 4.78 is 22.0. The number of benzene rings is 1. The number of aryl methyl sites for hydroxylation is 1. The number of alkyl halides is 1. The van der Waals surface area contributed by atoms with Crippen molar-refractivity contribution >= 4 is 50.2 Å². The Labute approximate surface area is 236 Å². The number of ether oxygens (including phenoxy) is 1. The number of Topliss-reactive ketones (excluding diaryl/α,β-unsaturated/α-hetero) is 1. The zero-order valence-corrected chi connectivity index (χ0v) is 23.5. The van der Waals surface area contributed by atoms with Crippen LogP contribution in [0.4, 0.5) is 10.2 Å². The van der Waals surface area contributed by atoms with Crippen molar-refractivity contribution in [1.29, 1.82) is 0 Å². The fraction of sp³-hybridized carbons (Fsp3) is 0.296. The van der Waals surface area contributed by atoms with Crippen LogP contribution >= 0.6 is 15.9 Å². The number of likely N-dealkylation sites (tertiary alicyclic amines) is 1. The number of amides is 2. The Morgan fingerprint density at radius 1 is 1.20 bits per heavy atom. The lowest BCUT2D eigenvalue weighted by Gasteiger charge is -2.23. The number of anilines is 1. The number of hydrogen-bond acceptors (Lipinski definition) is 8. The first-order chi connectivity index (χ1) is 19.1. The van der Waals surface area contributed by atoms with E-state index in [0.717, 1.165) is 0 Å². The monoisotopic (exact) mass is 609 g/mol. The second-order valence-electron chi connectivity index (χ2n) is 9.38. The molecule has 0 unspecified atom stereocenters. The first-order valence-corrected chi connectivity index (χ1v) is 13.2. The highest BCUT2D eigenvalue weighted by Gasteiger charge is 2.40. The zero-order valence-electron chi connectivity index (χ0n) is 21.9. The van der Waals surface area contributed by atoms with Crippen molar-refractivity contribution in [3.8, 4) is 16.9 Å². The summed E-state index contributed by atoms with van der Waals surface area (Å²) in [5.74, 6) is -0.00174. The number of ketones is 1. The number of pyridine rings is 1. The largest absolute Gasteiger partial charge is 0.496 e. The average molecular weight is 610 g/mol. The van der Waals surface area contributed by atoms with Gasteiger partial charge in [0.15, 0.2) is 5.78 Å². The van der Waals surface area contributed by atoms with E-state index in [9.17, 15) is 18.8 Å². The van der Waals surface area contributed by atoms with E-state index < -0.39 is 24.0 Å². The second kappa shape index (κ2) is 11.1. The maximum Gasteiger partial charge on any atom is 0.248 e. The van der Waals surface area contributed by atoms with Crippen molar-refractivity contribution in [3.63, 3.8) is 0 Å². The summed E-state index contributed by atoms with van der Waals surface area (Å²) in [6, 6.07) is 7.41. The van der Waals surface area contributed by atoms with Gasteiger partial charge in [-0.05, 0) is 41.1 Å². The maximum absolute atomic E-state index is 14.5. The number of halogens is 2. The van der Waals surface area contributed by atoms with Gasteiger partial charge in [-0.25, -0.2) is 19.3 Å². The number of methoxy groups -OCH3 is 1. The fourth-order valence-corrected chi connectivity index (χ4v) is 5.07. The van der Waals surface area contributed by atoms with E-state index in [1.807, 2.05) is 0 Å². The van der Waals surface area contributed by atoms with Crippen LogP contribution in [0.1, 0.15) is 29.7 Å². The van der Waals surface area contributed by atoms with Gasteiger partial charge in [-0.3, -0.25) is 19.1 Å². The van der Waals surface area contributed by atoms with E-state index in [1.165, 1.54) is 23.6 Å². The molecule has 1 aromatic carbocycles. The van der Waals surface area contributed by atoms with Crippen LogP contribution in [0.2, 0.25) is 0 Å². The molecule has 0 radical (unpaired) electrons. The molecule has 1 N–H and O–H groups in total. The minimum atomic E-state index is -1.36. The SMILES string of the molecule is COc1cc2c(cc1-c1cnc(C)nc1)c(C(C)=O)nn2CC(=O)N1C[C@H](F)C[C@H]1C(=O)Nc1cccc(Br)n1. The molecule has 3 aromatic heterocycles.